The van der Waals surface area contributed by atoms with Crippen molar-refractivity contribution in [3.05, 3.63) is 5.69 Å². The SMILES string of the molecule is CC(C)Cc1c(N)on[n+]1C. The van der Waals surface area contributed by atoms with Crippen LogP contribution in [0.1, 0.15) is 19.5 Å². The highest BCUT2D eigenvalue weighted by Gasteiger charge is 2.19. The van der Waals surface area contributed by atoms with Gasteiger partial charge < -0.3 is 5.73 Å². The minimum absolute atomic E-state index is 0.432. The molecule has 0 amide bonds. The van der Waals surface area contributed by atoms with Gasteiger partial charge in [0, 0.05) is 6.42 Å². The summed E-state index contributed by atoms with van der Waals surface area (Å²) >= 11 is 0. The lowest BCUT2D eigenvalue weighted by molar-refractivity contribution is -0.746. The molecule has 1 heterocycles. The summed E-state index contributed by atoms with van der Waals surface area (Å²) in [5.41, 5.74) is 6.51. The number of nitrogens with two attached hydrogens (primary N) is 1. The van der Waals surface area contributed by atoms with Crippen molar-refractivity contribution < 1.29 is 9.20 Å². The molecule has 0 aliphatic rings. The maximum absolute atomic E-state index is 5.54. The highest BCUT2D eigenvalue weighted by atomic mass is 16.5. The average Bonchev–Trinajstić information content (AvgIpc) is 2.18. The highest BCUT2D eigenvalue weighted by molar-refractivity contribution is 5.24. The summed E-state index contributed by atoms with van der Waals surface area (Å²) in [5.74, 6) is 1.00. The zero-order chi connectivity index (χ0) is 8.43. The number of aromatic nitrogens is 2. The van der Waals surface area contributed by atoms with Gasteiger partial charge in [0.2, 0.25) is 5.27 Å². The van der Waals surface area contributed by atoms with Crippen molar-refractivity contribution >= 4 is 5.88 Å². The van der Waals surface area contributed by atoms with Crippen LogP contribution in [0.25, 0.3) is 0 Å². The molecule has 1 aromatic rings. The summed E-state index contributed by atoms with van der Waals surface area (Å²) in [5, 5.41) is 3.69. The Hall–Kier alpha value is -1.06. The number of rotatable bonds is 2. The Morgan fingerprint density at radius 3 is 2.64 bits per heavy atom. The summed E-state index contributed by atoms with van der Waals surface area (Å²) in [6.45, 7) is 4.26. The quantitative estimate of drug-likeness (QED) is 0.626. The standard InChI is InChI=1S/C7H14N3O/c1-5(2)4-6-7(8)11-9-10(6)3/h5H,4,8H2,1-3H3/q+1. The summed E-state index contributed by atoms with van der Waals surface area (Å²) in [4.78, 5) is 0. The molecule has 1 aromatic heterocycles. The Labute approximate surface area is 66.0 Å². The summed E-state index contributed by atoms with van der Waals surface area (Å²) in [7, 11) is 1.83. The Bertz CT molecular complexity index is 222. The van der Waals surface area contributed by atoms with E-state index in [0.717, 1.165) is 12.1 Å². The topological polar surface area (TPSA) is 55.9 Å². The van der Waals surface area contributed by atoms with Crippen LogP contribution >= 0.6 is 0 Å². The van der Waals surface area contributed by atoms with Gasteiger partial charge in [-0.3, -0.25) is 4.52 Å². The van der Waals surface area contributed by atoms with Crippen LogP contribution < -0.4 is 10.4 Å². The van der Waals surface area contributed by atoms with Crippen LogP contribution in [0.5, 0.6) is 0 Å². The molecule has 1 rings (SSSR count). The van der Waals surface area contributed by atoms with E-state index in [1.165, 1.54) is 0 Å². The molecule has 0 saturated carbocycles. The van der Waals surface area contributed by atoms with Crippen LogP contribution in [0.15, 0.2) is 4.52 Å². The van der Waals surface area contributed by atoms with Gasteiger partial charge in [0.05, 0.1) is 0 Å². The first-order chi connectivity index (χ1) is 5.11. The van der Waals surface area contributed by atoms with Crippen LogP contribution in [-0.2, 0) is 13.5 Å². The molecular formula is C7H14N3O+. The van der Waals surface area contributed by atoms with Crippen molar-refractivity contribution in [2.75, 3.05) is 5.73 Å². The van der Waals surface area contributed by atoms with E-state index in [9.17, 15) is 0 Å². The van der Waals surface area contributed by atoms with Gasteiger partial charge >= 0.3 is 0 Å². The van der Waals surface area contributed by atoms with Crippen molar-refractivity contribution in [2.24, 2.45) is 13.0 Å². The Kier molecular flexibility index (Phi) is 2.12. The fourth-order valence-electron chi connectivity index (χ4n) is 0.986. The molecule has 2 N–H and O–H groups in total. The van der Waals surface area contributed by atoms with Crippen LogP contribution in [0.3, 0.4) is 0 Å². The minimum atomic E-state index is 0.432. The molecule has 0 fully saturated rings. The van der Waals surface area contributed by atoms with Crippen molar-refractivity contribution in [3.63, 3.8) is 0 Å². The molecule has 4 nitrogen and oxygen atoms in total. The number of nitrogen functional groups attached to an aromatic ring is 1. The third-order valence-electron chi connectivity index (χ3n) is 1.54. The monoisotopic (exact) mass is 156 g/mol. The molecule has 11 heavy (non-hydrogen) atoms. The second-order valence-electron chi connectivity index (χ2n) is 3.11. The van der Waals surface area contributed by atoms with Crippen LogP contribution in [-0.4, -0.2) is 5.27 Å². The Morgan fingerprint density at radius 1 is 1.64 bits per heavy atom. The Morgan fingerprint density at radius 2 is 2.27 bits per heavy atom. The molecular weight excluding hydrogens is 142 g/mol. The fraction of sp³-hybridized carbons (Fsp3) is 0.714. The van der Waals surface area contributed by atoms with Gasteiger partial charge in [0.25, 0.3) is 11.6 Å². The first kappa shape index (κ1) is 8.04. The summed E-state index contributed by atoms with van der Waals surface area (Å²) in [6.07, 6.45) is 0.909. The lowest BCUT2D eigenvalue weighted by atomic mass is 10.1. The van der Waals surface area contributed by atoms with Crippen molar-refractivity contribution in [1.29, 1.82) is 0 Å². The molecule has 0 aromatic carbocycles. The van der Waals surface area contributed by atoms with Crippen LogP contribution in [0.4, 0.5) is 5.88 Å². The zero-order valence-electron chi connectivity index (χ0n) is 7.16. The van der Waals surface area contributed by atoms with Gasteiger partial charge in [-0.25, -0.2) is 0 Å². The maximum atomic E-state index is 5.54. The predicted octanol–water partition coefficient (Wildman–Crippen LogP) is 0.280. The number of aryl methyl sites for hydroxylation is 1. The highest BCUT2D eigenvalue weighted by Crippen LogP contribution is 2.09. The third-order valence-corrected chi connectivity index (χ3v) is 1.54. The minimum Gasteiger partial charge on any atom is -0.362 e. The fourth-order valence-corrected chi connectivity index (χ4v) is 0.986. The van der Waals surface area contributed by atoms with Crippen LogP contribution in [0.2, 0.25) is 0 Å². The first-order valence-corrected chi connectivity index (χ1v) is 3.71. The van der Waals surface area contributed by atoms with Crippen LogP contribution in [0, 0.1) is 5.92 Å². The van der Waals surface area contributed by atoms with Gasteiger partial charge in [-0.15, -0.1) is 0 Å². The van der Waals surface area contributed by atoms with E-state index in [1.54, 1.807) is 4.68 Å². The van der Waals surface area contributed by atoms with Crippen molar-refractivity contribution in [1.82, 2.24) is 5.27 Å². The molecule has 62 valence electrons. The molecule has 0 unspecified atom stereocenters. The summed E-state index contributed by atoms with van der Waals surface area (Å²) in [6, 6.07) is 0. The van der Waals surface area contributed by atoms with Gasteiger partial charge in [-0.1, -0.05) is 18.5 Å². The van der Waals surface area contributed by atoms with Gasteiger partial charge in [0.1, 0.15) is 0 Å². The summed E-state index contributed by atoms with van der Waals surface area (Å²) < 4.78 is 6.46. The van der Waals surface area contributed by atoms with E-state index in [4.69, 9.17) is 10.3 Å². The third kappa shape index (κ3) is 1.69. The zero-order valence-corrected chi connectivity index (χ0v) is 7.16. The maximum Gasteiger partial charge on any atom is 0.296 e. The van der Waals surface area contributed by atoms with Gasteiger partial charge in [-0.05, 0) is 5.92 Å². The van der Waals surface area contributed by atoms with Gasteiger partial charge in [0.15, 0.2) is 7.05 Å². The first-order valence-electron chi connectivity index (χ1n) is 3.71. The predicted molar refractivity (Wildman–Crippen MR) is 40.6 cm³/mol. The number of hydrogen-bond acceptors (Lipinski definition) is 3. The second-order valence-corrected chi connectivity index (χ2v) is 3.11. The molecule has 0 aliphatic heterocycles. The average molecular weight is 156 g/mol. The smallest absolute Gasteiger partial charge is 0.296 e. The number of hydrogen-bond donors (Lipinski definition) is 1. The largest absolute Gasteiger partial charge is 0.362 e. The molecule has 0 saturated heterocycles. The van der Waals surface area contributed by atoms with E-state index in [1.807, 2.05) is 7.05 Å². The molecule has 0 bridgehead atoms. The number of nitrogens with zero attached hydrogens (tertiary/aromatic N) is 2. The molecule has 0 spiro atoms. The van der Waals surface area contributed by atoms with E-state index in [0.29, 0.717) is 11.8 Å². The van der Waals surface area contributed by atoms with E-state index >= 15 is 0 Å². The normalized spacial score (nSPS) is 10.9. The van der Waals surface area contributed by atoms with Crippen molar-refractivity contribution in [2.45, 2.75) is 20.3 Å². The second kappa shape index (κ2) is 2.90. The molecule has 0 radical (unpaired) electrons. The molecule has 0 aliphatic carbocycles. The van der Waals surface area contributed by atoms with E-state index in [2.05, 4.69) is 19.1 Å². The number of anilines is 1. The Balaban J connectivity index is 2.83. The molecule has 0 atom stereocenters. The molecule has 4 heteroatoms. The lowest BCUT2D eigenvalue weighted by Crippen LogP contribution is -2.35. The van der Waals surface area contributed by atoms with Crippen molar-refractivity contribution in [3.8, 4) is 0 Å². The van der Waals surface area contributed by atoms with Gasteiger partial charge in [-0.2, -0.15) is 0 Å². The van der Waals surface area contributed by atoms with E-state index < -0.39 is 0 Å². The lowest BCUT2D eigenvalue weighted by Gasteiger charge is -1.96. The van der Waals surface area contributed by atoms with E-state index in [-0.39, 0.29) is 0 Å².